The van der Waals surface area contributed by atoms with Gasteiger partial charge in [0, 0.05) is 5.41 Å². The van der Waals surface area contributed by atoms with E-state index < -0.39 is 17.2 Å². The Bertz CT molecular complexity index is 455. The van der Waals surface area contributed by atoms with Gasteiger partial charge in [-0.3, -0.25) is 4.79 Å². The van der Waals surface area contributed by atoms with Crippen LogP contribution in [0.3, 0.4) is 0 Å². The second-order valence-electron chi connectivity index (χ2n) is 4.62. The predicted molar refractivity (Wildman–Crippen MR) is 64.8 cm³/mol. The molecule has 0 atom stereocenters. The molecule has 0 heterocycles. The van der Waals surface area contributed by atoms with Crippen molar-refractivity contribution >= 4 is 5.97 Å². The van der Waals surface area contributed by atoms with Crippen molar-refractivity contribution in [2.45, 2.75) is 25.7 Å². The maximum absolute atomic E-state index is 14.3. The Morgan fingerprint density at radius 1 is 1.33 bits per heavy atom. The number of carboxylic acid groups (broad SMARTS) is 1. The fraction of sp³-hybridized carbons (Fsp3) is 0.462. The number of rotatable bonds is 5. The molecule has 0 aliphatic carbocycles. The van der Waals surface area contributed by atoms with Crippen LogP contribution in [0.25, 0.3) is 0 Å². The van der Waals surface area contributed by atoms with Crippen molar-refractivity contribution in [2.75, 3.05) is 14.2 Å². The van der Waals surface area contributed by atoms with E-state index in [-0.39, 0.29) is 17.9 Å². The summed E-state index contributed by atoms with van der Waals surface area (Å²) in [7, 11) is 2.76. The van der Waals surface area contributed by atoms with Gasteiger partial charge in [-0.15, -0.1) is 0 Å². The van der Waals surface area contributed by atoms with Crippen LogP contribution in [-0.4, -0.2) is 25.3 Å². The lowest BCUT2D eigenvalue weighted by Crippen LogP contribution is -2.23. The van der Waals surface area contributed by atoms with Crippen LogP contribution in [0.15, 0.2) is 12.1 Å². The SMILES string of the molecule is COc1ccc(C(C)(C)CC(=O)O)c(F)c1OC. The molecular weight excluding hydrogens is 239 g/mol. The minimum atomic E-state index is -0.978. The largest absolute Gasteiger partial charge is 0.493 e. The third kappa shape index (κ3) is 2.72. The van der Waals surface area contributed by atoms with E-state index in [2.05, 4.69) is 0 Å². The molecule has 0 radical (unpaired) electrons. The van der Waals surface area contributed by atoms with E-state index in [4.69, 9.17) is 14.6 Å². The number of hydrogen-bond donors (Lipinski definition) is 1. The number of halogens is 1. The second kappa shape index (κ2) is 5.25. The normalized spacial score (nSPS) is 11.2. The number of hydrogen-bond acceptors (Lipinski definition) is 3. The van der Waals surface area contributed by atoms with E-state index in [0.29, 0.717) is 5.56 Å². The molecular formula is C13H17FO4. The third-order valence-corrected chi connectivity index (χ3v) is 2.81. The van der Waals surface area contributed by atoms with Gasteiger partial charge in [0.25, 0.3) is 0 Å². The molecule has 0 unspecified atom stereocenters. The molecule has 0 bridgehead atoms. The van der Waals surface area contributed by atoms with Crippen LogP contribution in [0.4, 0.5) is 4.39 Å². The van der Waals surface area contributed by atoms with E-state index >= 15 is 0 Å². The zero-order valence-corrected chi connectivity index (χ0v) is 10.9. The second-order valence-corrected chi connectivity index (χ2v) is 4.62. The highest BCUT2D eigenvalue weighted by Gasteiger charge is 2.29. The molecule has 1 aromatic carbocycles. The van der Waals surface area contributed by atoms with Gasteiger partial charge in [0.05, 0.1) is 20.6 Å². The van der Waals surface area contributed by atoms with Crippen LogP contribution in [-0.2, 0) is 10.2 Å². The van der Waals surface area contributed by atoms with Crippen molar-refractivity contribution in [1.29, 1.82) is 0 Å². The van der Waals surface area contributed by atoms with Crippen LogP contribution in [0.5, 0.6) is 11.5 Å². The quantitative estimate of drug-likeness (QED) is 0.879. The summed E-state index contributed by atoms with van der Waals surface area (Å²) >= 11 is 0. The highest BCUT2D eigenvalue weighted by atomic mass is 19.1. The predicted octanol–water partition coefficient (Wildman–Crippen LogP) is 2.60. The fourth-order valence-electron chi connectivity index (χ4n) is 1.89. The molecule has 0 aliphatic heterocycles. The Hall–Kier alpha value is -1.78. The summed E-state index contributed by atoms with van der Waals surface area (Å²) in [5.41, 5.74) is -0.530. The lowest BCUT2D eigenvalue weighted by molar-refractivity contribution is -0.138. The van der Waals surface area contributed by atoms with Crippen LogP contribution in [0, 0.1) is 5.82 Å². The Morgan fingerprint density at radius 3 is 2.39 bits per heavy atom. The highest BCUT2D eigenvalue weighted by Crippen LogP contribution is 2.38. The minimum absolute atomic E-state index is 0.00605. The van der Waals surface area contributed by atoms with Gasteiger partial charge >= 0.3 is 5.97 Å². The van der Waals surface area contributed by atoms with E-state index in [9.17, 15) is 9.18 Å². The Morgan fingerprint density at radius 2 is 1.94 bits per heavy atom. The molecule has 0 aromatic heterocycles. The average molecular weight is 256 g/mol. The molecule has 0 aliphatic rings. The average Bonchev–Trinajstić information content (AvgIpc) is 2.26. The molecule has 100 valence electrons. The summed E-state index contributed by atoms with van der Waals surface area (Å²) in [6, 6.07) is 3.10. The highest BCUT2D eigenvalue weighted by molar-refractivity contribution is 5.69. The first kappa shape index (κ1) is 14.3. The first-order valence-electron chi connectivity index (χ1n) is 5.46. The van der Waals surface area contributed by atoms with Crippen LogP contribution >= 0.6 is 0 Å². The van der Waals surface area contributed by atoms with Gasteiger partial charge in [-0.1, -0.05) is 19.9 Å². The molecule has 1 N–H and O–H groups in total. The first-order chi connectivity index (χ1) is 8.33. The number of methoxy groups -OCH3 is 2. The maximum atomic E-state index is 14.3. The van der Waals surface area contributed by atoms with Gasteiger partial charge < -0.3 is 14.6 Å². The van der Waals surface area contributed by atoms with Gasteiger partial charge in [0.2, 0.25) is 0 Å². The van der Waals surface area contributed by atoms with Crippen molar-refractivity contribution in [2.24, 2.45) is 0 Å². The maximum Gasteiger partial charge on any atom is 0.304 e. The summed E-state index contributed by atoms with van der Waals surface area (Å²) in [5, 5.41) is 8.85. The minimum Gasteiger partial charge on any atom is -0.493 e. The molecule has 0 spiro atoms. The lowest BCUT2D eigenvalue weighted by atomic mass is 9.81. The number of carbonyl (C=O) groups is 1. The van der Waals surface area contributed by atoms with Crippen molar-refractivity contribution in [3.63, 3.8) is 0 Å². The topological polar surface area (TPSA) is 55.8 Å². The Balaban J connectivity index is 3.30. The van der Waals surface area contributed by atoms with Crippen molar-refractivity contribution in [1.82, 2.24) is 0 Å². The van der Waals surface area contributed by atoms with Crippen LogP contribution in [0.2, 0.25) is 0 Å². The molecule has 5 heteroatoms. The number of carboxylic acids is 1. The zero-order valence-electron chi connectivity index (χ0n) is 10.9. The van der Waals surface area contributed by atoms with E-state index in [0.717, 1.165) is 0 Å². The molecule has 0 fully saturated rings. The smallest absolute Gasteiger partial charge is 0.304 e. The summed E-state index contributed by atoms with van der Waals surface area (Å²) in [5.74, 6) is -1.28. The van der Waals surface area contributed by atoms with E-state index in [1.165, 1.54) is 20.3 Å². The number of ether oxygens (including phenoxy) is 2. The standard InChI is InChI=1S/C13H17FO4/c1-13(2,7-10(15)16)8-5-6-9(17-3)12(18-4)11(8)14/h5-6H,7H2,1-4H3,(H,15,16). The molecule has 0 amide bonds. The number of benzene rings is 1. The van der Waals surface area contributed by atoms with Gasteiger partial charge in [-0.05, 0) is 11.6 Å². The number of aliphatic carboxylic acids is 1. The first-order valence-corrected chi connectivity index (χ1v) is 5.46. The van der Waals surface area contributed by atoms with Crippen molar-refractivity contribution in [3.05, 3.63) is 23.5 Å². The molecule has 0 saturated heterocycles. The van der Waals surface area contributed by atoms with E-state index in [1.807, 2.05) is 0 Å². The third-order valence-electron chi connectivity index (χ3n) is 2.81. The van der Waals surface area contributed by atoms with E-state index in [1.54, 1.807) is 19.9 Å². The molecule has 1 rings (SSSR count). The van der Waals surface area contributed by atoms with Gasteiger partial charge in [-0.2, -0.15) is 0 Å². The molecule has 1 aromatic rings. The summed E-state index contributed by atoms with van der Waals surface area (Å²) in [4.78, 5) is 10.8. The molecule has 4 nitrogen and oxygen atoms in total. The van der Waals surface area contributed by atoms with Crippen molar-refractivity contribution in [3.8, 4) is 11.5 Å². The Labute approximate surface area is 105 Å². The molecule has 0 saturated carbocycles. The molecule has 18 heavy (non-hydrogen) atoms. The van der Waals surface area contributed by atoms with Crippen LogP contribution in [0.1, 0.15) is 25.8 Å². The monoisotopic (exact) mass is 256 g/mol. The van der Waals surface area contributed by atoms with Crippen LogP contribution < -0.4 is 9.47 Å². The Kier molecular flexibility index (Phi) is 4.16. The summed E-state index contributed by atoms with van der Waals surface area (Å²) in [6.45, 7) is 3.34. The zero-order chi connectivity index (χ0) is 13.9. The summed E-state index contributed by atoms with van der Waals surface area (Å²) < 4.78 is 24.2. The van der Waals surface area contributed by atoms with Gasteiger partial charge in [0.15, 0.2) is 17.3 Å². The van der Waals surface area contributed by atoms with Crippen molar-refractivity contribution < 1.29 is 23.8 Å². The lowest BCUT2D eigenvalue weighted by Gasteiger charge is -2.25. The van der Waals surface area contributed by atoms with Gasteiger partial charge in [0.1, 0.15) is 0 Å². The summed E-state index contributed by atoms with van der Waals surface area (Å²) in [6.07, 6.45) is -0.167. The fourth-order valence-corrected chi connectivity index (χ4v) is 1.89. The van der Waals surface area contributed by atoms with Gasteiger partial charge in [-0.25, -0.2) is 4.39 Å².